The number of hydrogen-bond acceptors (Lipinski definition) is 3. The highest BCUT2D eigenvalue weighted by Crippen LogP contribution is 2.31. The van der Waals surface area contributed by atoms with Gasteiger partial charge < -0.3 is 15.2 Å². The summed E-state index contributed by atoms with van der Waals surface area (Å²) in [7, 11) is 0. The first-order valence-corrected chi connectivity index (χ1v) is 14.0. The van der Waals surface area contributed by atoms with Crippen LogP contribution in [0.25, 0.3) is 12.2 Å². The smallest absolute Gasteiger partial charge is 0.310 e. The van der Waals surface area contributed by atoms with Gasteiger partial charge in [0.25, 0.3) is 0 Å². The second-order valence-electron chi connectivity index (χ2n) is 10.0. The van der Waals surface area contributed by atoms with E-state index in [0.717, 1.165) is 42.6 Å². The van der Waals surface area contributed by atoms with Crippen molar-refractivity contribution < 1.29 is 19.4 Å². The van der Waals surface area contributed by atoms with Crippen molar-refractivity contribution in [1.82, 2.24) is 0 Å². The largest absolute Gasteiger partial charge is 0.494 e. The zero-order valence-corrected chi connectivity index (χ0v) is 23.4. The van der Waals surface area contributed by atoms with Crippen LogP contribution in [0.15, 0.2) is 72.8 Å². The molecule has 0 aliphatic carbocycles. The first-order chi connectivity index (χ1) is 18.9. The van der Waals surface area contributed by atoms with Crippen molar-refractivity contribution in [3.8, 4) is 5.75 Å². The number of carboxylic acid groups (broad SMARTS) is 1. The molecule has 0 aromatic heterocycles. The number of hydrogen-bond donors (Lipinski definition) is 2. The van der Waals surface area contributed by atoms with Gasteiger partial charge in [0, 0.05) is 12.1 Å². The normalized spacial score (nSPS) is 11.5. The van der Waals surface area contributed by atoms with Crippen LogP contribution in [-0.4, -0.2) is 23.6 Å². The molecule has 2 N–H and O–H groups in total. The van der Waals surface area contributed by atoms with Crippen molar-refractivity contribution in [3.05, 3.63) is 95.1 Å². The molecule has 0 aliphatic heterocycles. The van der Waals surface area contributed by atoms with E-state index >= 15 is 0 Å². The number of aryl methyl sites for hydroxylation is 2. The number of amides is 1. The molecular weight excluding hydrogens is 486 g/mol. The number of rotatable bonds is 15. The first-order valence-electron chi connectivity index (χ1n) is 14.0. The van der Waals surface area contributed by atoms with Crippen molar-refractivity contribution in [3.63, 3.8) is 0 Å². The molecule has 3 aromatic rings. The van der Waals surface area contributed by atoms with Gasteiger partial charge in [0.15, 0.2) is 0 Å². The van der Waals surface area contributed by atoms with Gasteiger partial charge in [-0.25, -0.2) is 0 Å². The summed E-state index contributed by atoms with van der Waals surface area (Å²) in [6.45, 7) is 6.47. The zero-order valence-electron chi connectivity index (χ0n) is 23.4. The van der Waals surface area contributed by atoms with Crippen LogP contribution in [0.4, 0.5) is 5.69 Å². The van der Waals surface area contributed by atoms with Gasteiger partial charge in [0.1, 0.15) is 5.75 Å². The average Bonchev–Trinajstić information content (AvgIpc) is 2.95. The van der Waals surface area contributed by atoms with Crippen molar-refractivity contribution in [1.29, 1.82) is 0 Å². The molecule has 0 heterocycles. The molecule has 206 valence electrons. The van der Waals surface area contributed by atoms with E-state index in [1.165, 1.54) is 11.1 Å². The van der Waals surface area contributed by atoms with E-state index in [-0.39, 0.29) is 12.3 Å². The Bertz CT molecular complexity index is 1240. The summed E-state index contributed by atoms with van der Waals surface area (Å²) in [5.41, 5.74) is 4.32. The molecule has 0 saturated heterocycles. The van der Waals surface area contributed by atoms with Gasteiger partial charge in [0.2, 0.25) is 5.91 Å². The lowest BCUT2D eigenvalue weighted by atomic mass is 9.79. The van der Waals surface area contributed by atoms with Gasteiger partial charge in [-0.3, -0.25) is 9.59 Å². The molecule has 0 unspecified atom stereocenters. The van der Waals surface area contributed by atoms with E-state index in [0.29, 0.717) is 25.1 Å². The Morgan fingerprint density at radius 2 is 1.49 bits per heavy atom. The Hall–Kier alpha value is -3.86. The molecule has 0 aliphatic rings. The van der Waals surface area contributed by atoms with Crippen molar-refractivity contribution >= 4 is 29.7 Å². The van der Waals surface area contributed by atoms with E-state index in [2.05, 4.69) is 36.5 Å². The van der Waals surface area contributed by atoms with Gasteiger partial charge >= 0.3 is 5.97 Å². The molecule has 0 saturated carbocycles. The summed E-state index contributed by atoms with van der Waals surface area (Å²) in [5, 5.41) is 12.5. The second kappa shape index (κ2) is 14.9. The molecule has 3 aromatic carbocycles. The molecule has 0 atom stereocenters. The summed E-state index contributed by atoms with van der Waals surface area (Å²) in [4.78, 5) is 24.3. The SMILES string of the molecule is CCc1ccc(CCCCOc2cccc(/C=C/c3cccc(NC(=O)CC(CC)(CC)C(=O)O)c3)c2)cc1. The fraction of sp³-hybridized carbons (Fsp3) is 0.353. The van der Waals surface area contributed by atoms with Crippen LogP contribution in [0, 0.1) is 5.41 Å². The predicted molar refractivity (Wildman–Crippen MR) is 160 cm³/mol. The molecule has 5 nitrogen and oxygen atoms in total. The highest BCUT2D eigenvalue weighted by Gasteiger charge is 2.37. The maximum atomic E-state index is 12.6. The number of anilines is 1. The average molecular weight is 528 g/mol. The Morgan fingerprint density at radius 3 is 2.13 bits per heavy atom. The number of carboxylic acids is 1. The molecule has 0 radical (unpaired) electrons. The highest BCUT2D eigenvalue weighted by molar-refractivity contribution is 5.94. The minimum atomic E-state index is -1.03. The maximum Gasteiger partial charge on any atom is 0.310 e. The Morgan fingerprint density at radius 1 is 0.846 bits per heavy atom. The third-order valence-electron chi connectivity index (χ3n) is 7.36. The predicted octanol–water partition coefficient (Wildman–Crippen LogP) is 8.04. The van der Waals surface area contributed by atoms with Crippen molar-refractivity contribution in [2.24, 2.45) is 5.41 Å². The fourth-order valence-corrected chi connectivity index (χ4v) is 4.57. The van der Waals surface area contributed by atoms with E-state index < -0.39 is 11.4 Å². The molecule has 0 fully saturated rings. The van der Waals surface area contributed by atoms with Crippen LogP contribution in [0.3, 0.4) is 0 Å². The minimum Gasteiger partial charge on any atom is -0.494 e. The molecule has 0 spiro atoms. The van der Waals surface area contributed by atoms with Crippen LogP contribution < -0.4 is 10.1 Å². The van der Waals surface area contributed by atoms with Gasteiger partial charge in [-0.05, 0) is 85.0 Å². The Labute approximate surface area is 232 Å². The summed E-state index contributed by atoms with van der Waals surface area (Å²) in [6.07, 6.45) is 8.99. The van der Waals surface area contributed by atoms with Crippen LogP contribution in [0.2, 0.25) is 0 Å². The molecule has 39 heavy (non-hydrogen) atoms. The van der Waals surface area contributed by atoms with Gasteiger partial charge in [-0.1, -0.05) is 81.5 Å². The van der Waals surface area contributed by atoms with Crippen LogP contribution >= 0.6 is 0 Å². The molecular formula is C34H41NO4. The minimum absolute atomic E-state index is 0.0474. The topological polar surface area (TPSA) is 75.6 Å². The van der Waals surface area contributed by atoms with Gasteiger partial charge in [-0.15, -0.1) is 0 Å². The van der Waals surface area contributed by atoms with E-state index in [1.54, 1.807) is 0 Å². The molecule has 3 rings (SSSR count). The third kappa shape index (κ3) is 9.13. The van der Waals surface area contributed by atoms with Crippen molar-refractivity contribution in [2.45, 2.75) is 65.7 Å². The lowest BCUT2D eigenvalue weighted by Gasteiger charge is -2.25. The van der Waals surface area contributed by atoms with Gasteiger partial charge in [-0.2, -0.15) is 0 Å². The number of ether oxygens (including phenoxy) is 1. The van der Waals surface area contributed by atoms with Crippen LogP contribution in [0.1, 0.15) is 75.1 Å². The van der Waals surface area contributed by atoms with E-state index in [1.807, 2.05) is 74.5 Å². The number of carbonyl (C=O) groups excluding carboxylic acids is 1. The number of unbranched alkanes of at least 4 members (excludes halogenated alkanes) is 1. The highest BCUT2D eigenvalue weighted by atomic mass is 16.5. The van der Waals surface area contributed by atoms with E-state index in [9.17, 15) is 14.7 Å². The lowest BCUT2D eigenvalue weighted by molar-refractivity contribution is -0.151. The van der Waals surface area contributed by atoms with Crippen molar-refractivity contribution in [2.75, 3.05) is 11.9 Å². The third-order valence-corrected chi connectivity index (χ3v) is 7.36. The summed E-state index contributed by atoms with van der Waals surface area (Å²) in [5.74, 6) is -0.371. The molecule has 1 amide bonds. The fourth-order valence-electron chi connectivity index (χ4n) is 4.57. The number of benzene rings is 3. The van der Waals surface area contributed by atoms with Crippen LogP contribution in [-0.2, 0) is 22.4 Å². The zero-order chi connectivity index (χ0) is 28.1. The summed E-state index contributed by atoms with van der Waals surface area (Å²) in [6, 6.07) is 24.4. The second-order valence-corrected chi connectivity index (χ2v) is 10.0. The quantitative estimate of drug-likeness (QED) is 0.155. The number of carbonyl (C=O) groups is 2. The van der Waals surface area contributed by atoms with E-state index in [4.69, 9.17) is 4.74 Å². The molecule has 0 bridgehead atoms. The Kier molecular flexibility index (Phi) is 11.4. The Balaban J connectivity index is 1.50. The monoisotopic (exact) mass is 527 g/mol. The first kappa shape index (κ1) is 29.7. The maximum absolute atomic E-state index is 12.6. The number of aliphatic carboxylic acids is 1. The van der Waals surface area contributed by atoms with Crippen LogP contribution in [0.5, 0.6) is 5.75 Å². The summed E-state index contributed by atoms with van der Waals surface area (Å²) >= 11 is 0. The standard InChI is InChI=1S/C34H41NO4/c1-4-26-16-18-27(19-17-26)11-7-8-22-39-31-15-10-13-29(24-31)21-20-28-12-9-14-30(23-28)35-32(36)25-34(5-2,6-3)33(37)38/h9-10,12-21,23-24H,4-8,11,22,25H2,1-3H3,(H,35,36)(H,37,38)/b21-20+. The van der Waals surface area contributed by atoms with Gasteiger partial charge in [0.05, 0.1) is 12.0 Å². The number of nitrogens with one attached hydrogen (secondary N) is 1. The lowest BCUT2D eigenvalue weighted by Crippen LogP contribution is -2.34. The molecule has 5 heteroatoms. The summed E-state index contributed by atoms with van der Waals surface area (Å²) < 4.78 is 5.99.